The molecule has 0 spiro atoms. The molecule has 1 N–H and O–H groups in total. The molecule has 0 saturated carbocycles. The number of carbonyl (C=O) groups is 1. The molecule has 0 fully saturated rings. The number of aromatic nitrogens is 1. The van der Waals surface area contributed by atoms with Crippen LogP contribution in [0, 0.1) is 6.92 Å². The summed E-state index contributed by atoms with van der Waals surface area (Å²) in [4.78, 5) is 15.5. The lowest BCUT2D eigenvalue weighted by molar-refractivity contribution is 0.0689. The van der Waals surface area contributed by atoms with Gasteiger partial charge in [0, 0.05) is 5.39 Å². The lowest BCUT2D eigenvalue weighted by Gasteiger charge is -2.12. The van der Waals surface area contributed by atoms with Crippen LogP contribution in [0.25, 0.3) is 10.9 Å². The molecule has 0 bridgehead atoms. The van der Waals surface area contributed by atoms with Gasteiger partial charge in [-0.05, 0) is 24.6 Å². The van der Waals surface area contributed by atoms with Crippen LogP contribution in [-0.2, 0) is 0 Å². The Morgan fingerprint density at radius 1 is 1.28 bits per heavy atom. The first-order chi connectivity index (χ1) is 8.58. The first kappa shape index (κ1) is 12.2. The number of benzene rings is 1. The molecule has 0 saturated heterocycles. The van der Waals surface area contributed by atoms with Gasteiger partial charge in [0.1, 0.15) is 5.75 Å². The summed E-state index contributed by atoms with van der Waals surface area (Å²) in [6.07, 6.45) is 0. The van der Waals surface area contributed by atoms with Gasteiger partial charge in [0.2, 0.25) is 5.88 Å². The van der Waals surface area contributed by atoms with Gasteiger partial charge >= 0.3 is 5.97 Å². The summed E-state index contributed by atoms with van der Waals surface area (Å²) >= 11 is 0. The third-order valence-corrected chi connectivity index (χ3v) is 2.67. The van der Waals surface area contributed by atoms with Crippen LogP contribution in [0.2, 0.25) is 0 Å². The fourth-order valence-electron chi connectivity index (χ4n) is 1.87. The normalized spacial score (nSPS) is 10.4. The molecular weight excluding hydrogens is 234 g/mol. The van der Waals surface area contributed by atoms with Crippen LogP contribution < -0.4 is 9.47 Å². The Labute approximate surface area is 104 Å². The van der Waals surface area contributed by atoms with Crippen molar-refractivity contribution in [3.8, 4) is 11.6 Å². The second-order valence-corrected chi connectivity index (χ2v) is 3.86. The van der Waals surface area contributed by atoms with E-state index in [0.717, 1.165) is 5.56 Å². The van der Waals surface area contributed by atoms with Crippen molar-refractivity contribution in [1.29, 1.82) is 0 Å². The summed E-state index contributed by atoms with van der Waals surface area (Å²) in [7, 11) is 2.82. The Bertz CT molecular complexity index is 622. The minimum absolute atomic E-state index is 0.0532. The molecule has 0 aliphatic carbocycles. The number of aryl methyl sites for hydroxylation is 1. The zero-order chi connectivity index (χ0) is 13.3. The maximum absolute atomic E-state index is 11.3. The van der Waals surface area contributed by atoms with Crippen LogP contribution in [0.1, 0.15) is 15.9 Å². The van der Waals surface area contributed by atoms with E-state index in [9.17, 15) is 9.90 Å². The number of ether oxygens (including phenoxy) is 2. The quantitative estimate of drug-likeness (QED) is 0.900. The van der Waals surface area contributed by atoms with Gasteiger partial charge in [0.15, 0.2) is 5.56 Å². The monoisotopic (exact) mass is 247 g/mol. The fourth-order valence-corrected chi connectivity index (χ4v) is 1.87. The average Bonchev–Trinajstić information content (AvgIpc) is 2.35. The summed E-state index contributed by atoms with van der Waals surface area (Å²) in [5.41, 5.74) is 1.62. The van der Waals surface area contributed by atoms with E-state index >= 15 is 0 Å². The highest BCUT2D eigenvalue weighted by molar-refractivity contribution is 6.01. The van der Waals surface area contributed by atoms with Crippen LogP contribution >= 0.6 is 0 Å². The van der Waals surface area contributed by atoms with E-state index in [-0.39, 0.29) is 17.2 Å². The van der Waals surface area contributed by atoms with E-state index < -0.39 is 5.97 Å². The van der Waals surface area contributed by atoms with E-state index in [1.165, 1.54) is 14.2 Å². The molecule has 0 amide bonds. The number of fused-ring (bicyclic) bond motifs is 1. The number of nitrogens with zero attached hydrogens (tertiary/aromatic N) is 1. The van der Waals surface area contributed by atoms with Crippen molar-refractivity contribution in [2.24, 2.45) is 0 Å². The van der Waals surface area contributed by atoms with Crippen LogP contribution in [-0.4, -0.2) is 30.3 Å². The lowest BCUT2D eigenvalue weighted by atomic mass is 10.1. The highest BCUT2D eigenvalue weighted by Gasteiger charge is 2.22. The van der Waals surface area contributed by atoms with Gasteiger partial charge in [-0.25, -0.2) is 9.78 Å². The first-order valence-electron chi connectivity index (χ1n) is 5.34. The average molecular weight is 247 g/mol. The van der Waals surface area contributed by atoms with Gasteiger partial charge in [-0.2, -0.15) is 0 Å². The van der Waals surface area contributed by atoms with Gasteiger partial charge in [-0.3, -0.25) is 0 Å². The summed E-state index contributed by atoms with van der Waals surface area (Å²) in [5.74, 6) is -0.805. The largest absolute Gasteiger partial charge is 0.495 e. The maximum atomic E-state index is 11.3. The van der Waals surface area contributed by atoms with Crippen molar-refractivity contribution in [2.45, 2.75) is 6.92 Å². The van der Waals surface area contributed by atoms with E-state index in [1.807, 2.05) is 19.1 Å². The molecule has 0 aliphatic heterocycles. The fraction of sp³-hybridized carbons (Fsp3) is 0.231. The number of carboxylic acids is 1. The molecule has 94 valence electrons. The second-order valence-electron chi connectivity index (χ2n) is 3.86. The molecule has 1 heterocycles. The topological polar surface area (TPSA) is 68.7 Å². The third kappa shape index (κ3) is 1.84. The molecule has 0 radical (unpaired) electrons. The Kier molecular flexibility index (Phi) is 3.06. The molecule has 18 heavy (non-hydrogen) atoms. The summed E-state index contributed by atoms with van der Waals surface area (Å²) in [5, 5.41) is 9.88. The molecule has 0 aliphatic rings. The van der Waals surface area contributed by atoms with Gasteiger partial charge in [-0.15, -0.1) is 0 Å². The van der Waals surface area contributed by atoms with Crippen molar-refractivity contribution >= 4 is 16.9 Å². The Morgan fingerprint density at radius 2 is 2.00 bits per heavy atom. The van der Waals surface area contributed by atoms with Crippen LogP contribution in [0.4, 0.5) is 0 Å². The highest BCUT2D eigenvalue weighted by atomic mass is 16.5. The van der Waals surface area contributed by atoms with E-state index in [4.69, 9.17) is 9.47 Å². The summed E-state index contributed by atoms with van der Waals surface area (Å²) in [6, 6.07) is 5.53. The summed E-state index contributed by atoms with van der Waals surface area (Å²) < 4.78 is 10.2. The minimum Gasteiger partial charge on any atom is -0.495 e. The van der Waals surface area contributed by atoms with Crippen LogP contribution in [0.3, 0.4) is 0 Å². The highest BCUT2D eigenvalue weighted by Crippen LogP contribution is 2.34. The number of carboxylic acid groups (broad SMARTS) is 1. The van der Waals surface area contributed by atoms with E-state index in [0.29, 0.717) is 10.9 Å². The molecule has 2 aromatic rings. The van der Waals surface area contributed by atoms with Gasteiger partial charge in [0.05, 0.1) is 19.7 Å². The van der Waals surface area contributed by atoms with Crippen molar-refractivity contribution in [1.82, 2.24) is 4.98 Å². The van der Waals surface area contributed by atoms with Crippen molar-refractivity contribution in [3.63, 3.8) is 0 Å². The number of methoxy groups -OCH3 is 2. The number of hydrogen-bond donors (Lipinski definition) is 1. The molecule has 2 rings (SSSR count). The third-order valence-electron chi connectivity index (χ3n) is 2.67. The lowest BCUT2D eigenvalue weighted by Crippen LogP contribution is -2.06. The maximum Gasteiger partial charge on any atom is 0.345 e. The standard InChI is InChI=1S/C13H13NO4/c1-7-4-5-8-9(6-7)14-12(18-3)10(13(15)16)11(8)17-2/h4-6H,1-3H3,(H,15,16). The van der Waals surface area contributed by atoms with Crippen LogP contribution in [0.15, 0.2) is 18.2 Å². The second kappa shape index (κ2) is 4.52. The van der Waals surface area contributed by atoms with Crippen molar-refractivity contribution < 1.29 is 19.4 Å². The SMILES string of the molecule is COc1nc2cc(C)ccc2c(OC)c1C(=O)O. The smallest absolute Gasteiger partial charge is 0.345 e. The van der Waals surface area contributed by atoms with Gasteiger partial charge in [0.25, 0.3) is 0 Å². The predicted molar refractivity (Wildman–Crippen MR) is 66.5 cm³/mol. The molecule has 0 unspecified atom stereocenters. The minimum atomic E-state index is -1.13. The summed E-state index contributed by atoms with van der Waals surface area (Å²) in [6.45, 7) is 1.94. The zero-order valence-corrected chi connectivity index (χ0v) is 10.4. The number of pyridine rings is 1. The molecule has 1 aromatic carbocycles. The predicted octanol–water partition coefficient (Wildman–Crippen LogP) is 2.26. The van der Waals surface area contributed by atoms with Crippen molar-refractivity contribution in [3.05, 3.63) is 29.3 Å². The van der Waals surface area contributed by atoms with Crippen LogP contribution in [0.5, 0.6) is 11.6 Å². The van der Waals surface area contributed by atoms with E-state index in [1.54, 1.807) is 6.07 Å². The Morgan fingerprint density at radius 3 is 2.56 bits per heavy atom. The molecule has 1 aromatic heterocycles. The number of hydrogen-bond acceptors (Lipinski definition) is 4. The molecular formula is C13H13NO4. The Hall–Kier alpha value is -2.30. The zero-order valence-electron chi connectivity index (χ0n) is 10.4. The van der Waals surface area contributed by atoms with Crippen molar-refractivity contribution in [2.75, 3.05) is 14.2 Å². The van der Waals surface area contributed by atoms with Gasteiger partial charge in [-0.1, -0.05) is 6.07 Å². The van der Waals surface area contributed by atoms with Gasteiger partial charge < -0.3 is 14.6 Å². The number of rotatable bonds is 3. The molecule has 5 heteroatoms. The number of aromatic carboxylic acids is 1. The molecule has 5 nitrogen and oxygen atoms in total. The first-order valence-corrected chi connectivity index (χ1v) is 5.34. The van der Waals surface area contributed by atoms with E-state index in [2.05, 4.69) is 4.98 Å². The molecule has 0 atom stereocenters. The Balaban J connectivity index is 2.90.